The van der Waals surface area contributed by atoms with Crippen molar-refractivity contribution in [2.24, 2.45) is 0 Å². The first-order chi connectivity index (χ1) is 10.7. The molecule has 0 bridgehead atoms. The highest BCUT2D eigenvalue weighted by Gasteiger charge is 2.37. The van der Waals surface area contributed by atoms with Crippen LogP contribution in [0.15, 0.2) is 18.2 Å². The zero-order valence-corrected chi connectivity index (χ0v) is 12.7. The van der Waals surface area contributed by atoms with E-state index in [9.17, 15) is 8.78 Å². The molecular weight excluding hydrogens is 288 g/mol. The van der Waals surface area contributed by atoms with E-state index in [0.717, 1.165) is 64.8 Å². The average Bonchev–Trinajstić information content (AvgIpc) is 3.01. The van der Waals surface area contributed by atoms with Gasteiger partial charge in [0.15, 0.2) is 0 Å². The van der Waals surface area contributed by atoms with Gasteiger partial charge < -0.3 is 4.74 Å². The number of hydrogen-bond acceptors (Lipinski definition) is 4. The topological polar surface area (TPSA) is 36.5 Å². The second kappa shape index (κ2) is 7.00. The van der Waals surface area contributed by atoms with Gasteiger partial charge in [-0.2, -0.15) is 0 Å². The zero-order valence-electron chi connectivity index (χ0n) is 12.7. The van der Waals surface area contributed by atoms with E-state index in [1.807, 2.05) is 0 Å². The van der Waals surface area contributed by atoms with Gasteiger partial charge in [-0.05, 0) is 37.6 Å². The van der Waals surface area contributed by atoms with E-state index in [2.05, 4.69) is 15.5 Å². The number of ether oxygens (including phenoxy) is 1. The normalized spacial score (nSPS) is 26.5. The second-order valence-electron chi connectivity index (χ2n) is 5.94. The van der Waals surface area contributed by atoms with E-state index in [1.165, 1.54) is 12.1 Å². The third-order valence-electron chi connectivity index (χ3n) is 4.50. The van der Waals surface area contributed by atoms with Gasteiger partial charge in [0.2, 0.25) is 0 Å². The summed E-state index contributed by atoms with van der Waals surface area (Å²) >= 11 is 0. The lowest BCUT2D eigenvalue weighted by molar-refractivity contribution is 0.0371. The molecule has 0 unspecified atom stereocenters. The molecule has 0 amide bonds. The molecule has 0 radical (unpaired) electrons. The van der Waals surface area contributed by atoms with E-state index in [-0.39, 0.29) is 5.82 Å². The van der Waals surface area contributed by atoms with Crippen molar-refractivity contribution in [3.63, 3.8) is 0 Å². The minimum Gasteiger partial charge on any atom is -0.379 e. The van der Waals surface area contributed by atoms with Crippen molar-refractivity contribution in [3.05, 3.63) is 35.4 Å². The lowest BCUT2D eigenvalue weighted by Crippen LogP contribution is -2.53. The molecule has 1 aromatic carbocycles. The van der Waals surface area contributed by atoms with E-state index in [1.54, 1.807) is 0 Å². The highest BCUT2D eigenvalue weighted by Crippen LogP contribution is 2.30. The molecule has 2 saturated heterocycles. The van der Waals surface area contributed by atoms with Crippen LogP contribution in [0.4, 0.5) is 8.78 Å². The third-order valence-corrected chi connectivity index (χ3v) is 4.50. The summed E-state index contributed by atoms with van der Waals surface area (Å²) in [6.45, 7) is 5.80. The van der Waals surface area contributed by atoms with Crippen LogP contribution >= 0.6 is 0 Å². The molecule has 0 aliphatic carbocycles. The van der Waals surface area contributed by atoms with Crippen LogP contribution in [0.25, 0.3) is 0 Å². The maximum atomic E-state index is 14.2. The number of benzene rings is 1. The largest absolute Gasteiger partial charge is 0.379 e. The Morgan fingerprint density at radius 3 is 2.82 bits per heavy atom. The highest BCUT2D eigenvalue weighted by atomic mass is 19.1. The fraction of sp³-hybridized carbons (Fsp3) is 0.625. The third kappa shape index (κ3) is 3.46. The Balaban J connectivity index is 1.67. The Labute approximate surface area is 129 Å². The minimum absolute atomic E-state index is 0.366. The molecular formula is C16H23F2N3O. The fourth-order valence-corrected chi connectivity index (χ4v) is 3.30. The fourth-order valence-electron chi connectivity index (χ4n) is 3.30. The van der Waals surface area contributed by atoms with Crippen LogP contribution in [0.1, 0.15) is 18.4 Å². The lowest BCUT2D eigenvalue weighted by Gasteiger charge is -2.34. The van der Waals surface area contributed by atoms with Crippen molar-refractivity contribution >= 4 is 0 Å². The second-order valence-corrected chi connectivity index (χ2v) is 5.94. The molecule has 1 atom stereocenters. The molecule has 3 rings (SSSR count). The lowest BCUT2D eigenvalue weighted by atomic mass is 9.96. The smallest absolute Gasteiger partial charge is 0.129 e. The summed E-state index contributed by atoms with van der Waals surface area (Å²) < 4.78 is 33.0. The molecule has 6 heteroatoms. The summed E-state index contributed by atoms with van der Waals surface area (Å²) in [5.41, 5.74) is -0.273. The number of hydrogen-bond donors (Lipinski definition) is 2. The molecule has 0 spiro atoms. The Morgan fingerprint density at radius 1 is 1.27 bits per heavy atom. The van der Waals surface area contributed by atoms with Gasteiger partial charge in [-0.1, -0.05) is 0 Å². The van der Waals surface area contributed by atoms with Crippen LogP contribution in [0.5, 0.6) is 0 Å². The Bertz CT molecular complexity index is 500. The Hall–Kier alpha value is -1.08. The first-order valence-corrected chi connectivity index (χ1v) is 7.95. The summed E-state index contributed by atoms with van der Waals surface area (Å²) in [5, 5.41) is 6.76. The zero-order chi connectivity index (χ0) is 15.4. The Kier molecular flexibility index (Phi) is 5.03. The first kappa shape index (κ1) is 15.8. The van der Waals surface area contributed by atoms with Gasteiger partial charge in [-0.25, -0.2) is 8.78 Å². The quantitative estimate of drug-likeness (QED) is 0.862. The number of morpholine rings is 1. The number of nitrogens with one attached hydrogen (secondary N) is 2. The van der Waals surface area contributed by atoms with Gasteiger partial charge in [0.1, 0.15) is 11.6 Å². The van der Waals surface area contributed by atoms with Crippen molar-refractivity contribution in [1.29, 1.82) is 0 Å². The van der Waals surface area contributed by atoms with Gasteiger partial charge in [0.05, 0.1) is 18.9 Å². The van der Waals surface area contributed by atoms with Crippen molar-refractivity contribution in [1.82, 2.24) is 15.5 Å². The summed E-state index contributed by atoms with van der Waals surface area (Å²) in [6.07, 6.45) is 1.71. The maximum absolute atomic E-state index is 14.2. The molecule has 0 aromatic heterocycles. The summed E-state index contributed by atoms with van der Waals surface area (Å²) in [5.74, 6) is -0.769. The molecule has 2 heterocycles. The summed E-state index contributed by atoms with van der Waals surface area (Å²) in [7, 11) is 0. The maximum Gasteiger partial charge on any atom is 0.129 e. The molecule has 22 heavy (non-hydrogen) atoms. The molecule has 2 aliphatic rings. The predicted molar refractivity (Wildman–Crippen MR) is 80.5 cm³/mol. The minimum atomic E-state index is -0.654. The van der Waals surface area contributed by atoms with Crippen LogP contribution in [0.2, 0.25) is 0 Å². The van der Waals surface area contributed by atoms with Gasteiger partial charge in [0, 0.05) is 31.7 Å². The molecule has 2 fully saturated rings. The van der Waals surface area contributed by atoms with Crippen molar-refractivity contribution in [2.75, 3.05) is 45.9 Å². The molecule has 1 aromatic rings. The van der Waals surface area contributed by atoms with Crippen LogP contribution in [-0.2, 0) is 10.4 Å². The van der Waals surface area contributed by atoms with Crippen LogP contribution in [0, 0.1) is 11.6 Å². The number of nitrogens with zero attached hydrogens (tertiary/aromatic N) is 1. The Morgan fingerprint density at radius 2 is 2.09 bits per heavy atom. The molecule has 2 N–H and O–H groups in total. The van der Waals surface area contributed by atoms with E-state index in [0.29, 0.717) is 5.56 Å². The molecule has 122 valence electrons. The average molecular weight is 311 g/mol. The SMILES string of the molecule is Fc1ccc(F)c([C@]2(NCCN3CCOCC3)CCCN2)c1. The number of rotatable bonds is 5. The van der Waals surface area contributed by atoms with Crippen molar-refractivity contribution in [3.8, 4) is 0 Å². The molecule has 0 saturated carbocycles. The van der Waals surface area contributed by atoms with E-state index < -0.39 is 11.5 Å². The molecule has 4 nitrogen and oxygen atoms in total. The van der Waals surface area contributed by atoms with E-state index in [4.69, 9.17) is 4.74 Å². The van der Waals surface area contributed by atoms with Crippen molar-refractivity contribution in [2.45, 2.75) is 18.5 Å². The monoisotopic (exact) mass is 311 g/mol. The van der Waals surface area contributed by atoms with Crippen LogP contribution in [-0.4, -0.2) is 50.8 Å². The highest BCUT2D eigenvalue weighted by molar-refractivity contribution is 5.27. The first-order valence-electron chi connectivity index (χ1n) is 7.95. The van der Waals surface area contributed by atoms with Crippen LogP contribution < -0.4 is 10.6 Å². The van der Waals surface area contributed by atoms with Gasteiger partial charge in [0.25, 0.3) is 0 Å². The predicted octanol–water partition coefficient (Wildman–Crippen LogP) is 1.42. The van der Waals surface area contributed by atoms with Crippen LogP contribution in [0.3, 0.4) is 0 Å². The van der Waals surface area contributed by atoms with Gasteiger partial charge in [-0.15, -0.1) is 0 Å². The van der Waals surface area contributed by atoms with Gasteiger partial charge in [-0.3, -0.25) is 15.5 Å². The standard InChI is InChI=1S/C16H23F2N3O/c17-13-2-3-15(18)14(12-13)16(4-1-5-19-16)20-6-7-21-8-10-22-11-9-21/h2-3,12,19-20H,1,4-11H2/t16-/m1/s1. The molecule has 2 aliphatic heterocycles. The van der Waals surface area contributed by atoms with E-state index >= 15 is 0 Å². The number of halogens is 2. The van der Waals surface area contributed by atoms with Gasteiger partial charge >= 0.3 is 0 Å². The summed E-state index contributed by atoms with van der Waals surface area (Å²) in [6, 6.07) is 3.67. The summed E-state index contributed by atoms with van der Waals surface area (Å²) in [4.78, 5) is 2.32. The van der Waals surface area contributed by atoms with Crippen molar-refractivity contribution < 1.29 is 13.5 Å².